The lowest BCUT2D eigenvalue weighted by molar-refractivity contribution is 0.0349. The molecule has 212 valence electrons. The highest BCUT2D eigenvalue weighted by Gasteiger charge is 2.26. The SMILES string of the molecule is CCC(c1nnnn1CCc1ccccc1)N(CCCN1CCOCC1)Cc1cc2cc(C)c(C)cc2[nH]c1=O. The molecule has 2 aromatic heterocycles. The second kappa shape index (κ2) is 13.3. The summed E-state index contributed by atoms with van der Waals surface area (Å²) >= 11 is 0. The van der Waals surface area contributed by atoms with Gasteiger partial charge in [-0.3, -0.25) is 14.6 Å². The number of H-pyrrole nitrogens is 1. The number of tetrazole rings is 1. The lowest BCUT2D eigenvalue weighted by Gasteiger charge is -2.32. The van der Waals surface area contributed by atoms with E-state index in [0.29, 0.717) is 13.1 Å². The predicted octanol–water partition coefficient (Wildman–Crippen LogP) is 4.05. The first-order valence-electron chi connectivity index (χ1n) is 14.5. The number of pyridine rings is 1. The van der Waals surface area contributed by atoms with Gasteiger partial charge in [-0.05, 0) is 90.4 Å². The molecule has 1 atom stereocenters. The van der Waals surface area contributed by atoms with Gasteiger partial charge in [0, 0.05) is 43.8 Å². The van der Waals surface area contributed by atoms with Crippen LogP contribution in [0.3, 0.4) is 0 Å². The van der Waals surface area contributed by atoms with E-state index in [9.17, 15) is 4.79 Å². The van der Waals surface area contributed by atoms with Crippen LogP contribution in [0.2, 0.25) is 0 Å². The molecule has 0 amide bonds. The molecule has 1 fully saturated rings. The predicted molar refractivity (Wildman–Crippen MR) is 157 cm³/mol. The number of fused-ring (bicyclic) bond motifs is 1. The number of morpholine rings is 1. The van der Waals surface area contributed by atoms with Crippen molar-refractivity contribution in [2.75, 3.05) is 39.4 Å². The third kappa shape index (κ3) is 6.83. The highest BCUT2D eigenvalue weighted by atomic mass is 16.5. The first kappa shape index (κ1) is 28.1. The Morgan fingerprint density at radius 3 is 2.60 bits per heavy atom. The molecule has 2 aromatic carbocycles. The average Bonchev–Trinajstić information content (AvgIpc) is 3.43. The summed E-state index contributed by atoms with van der Waals surface area (Å²) in [5, 5.41) is 14.0. The number of aromatic amines is 1. The van der Waals surface area contributed by atoms with Gasteiger partial charge < -0.3 is 9.72 Å². The maximum Gasteiger partial charge on any atom is 0.252 e. The molecule has 1 N–H and O–H groups in total. The molecule has 4 aromatic rings. The number of aromatic nitrogens is 5. The zero-order chi connectivity index (χ0) is 27.9. The van der Waals surface area contributed by atoms with E-state index in [2.05, 4.69) is 93.5 Å². The molecule has 0 saturated carbocycles. The summed E-state index contributed by atoms with van der Waals surface area (Å²) in [6, 6.07) is 16.7. The van der Waals surface area contributed by atoms with Crippen molar-refractivity contribution in [3.63, 3.8) is 0 Å². The van der Waals surface area contributed by atoms with Gasteiger partial charge in [0.2, 0.25) is 0 Å². The number of hydrogen-bond acceptors (Lipinski definition) is 7. The van der Waals surface area contributed by atoms with Crippen LogP contribution in [0.15, 0.2) is 53.3 Å². The summed E-state index contributed by atoms with van der Waals surface area (Å²) in [4.78, 5) is 21.2. The Balaban J connectivity index is 1.40. The molecule has 0 spiro atoms. The minimum absolute atomic E-state index is 0.00897. The summed E-state index contributed by atoms with van der Waals surface area (Å²) < 4.78 is 7.47. The lowest BCUT2D eigenvalue weighted by Crippen LogP contribution is -2.39. The number of hydrogen-bond donors (Lipinski definition) is 1. The fourth-order valence-corrected chi connectivity index (χ4v) is 5.62. The number of benzene rings is 2. The topological polar surface area (TPSA) is 92.2 Å². The van der Waals surface area contributed by atoms with Crippen molar-refractivity contribution >= 4 is 10.9 Å². The molecule has 0 radical (unpaired) electrons. The van der Waals surface area contributed by atoms with Crippen LogP contribution >= 0.6 is 0 Å². The average molecular weight is 544 g/mol. The van der Waals surface area contributed by atoms with Gasteiger partial charge in [0.15, 0.2) is 5.82 Å². The largest absolute Gasteiger partial charge is 0.379 e. The summed E-state index contributed by atoms with van der Waals surface area (Å²) in [6.07, 6.45) is 2.69. The Morgan fingerprint density at radius 2 is 1.82 bits per heavy atom. The quantitative estimate of drug-likeness (QED) is 0.288. The smallest absolute Gasteiger partial charge is 0.252 e. The maximum atomic E-state index is 13.3. The minimum Gasteiger partial charge on any atom is -0.379 e. The molecule has 0 aliphatic carbocycles. The molecule has 1 saturated heterocycles. The molecular formula is C31H41N7O2. The molecule has 9 nitrogen and oxygen atoms in total. The molecule has 5 rings (SSSR count). The third-order valence-corrected chi connectivity index (χ3v) is 8.07. The van der Waals surface area contributed by atoms with Crippen LogP contribution in [0.25, 0.3) is 10.9 Å². The van der Waals surface area contributed by atoms with E-state index in [0.717, 1.165) is 80.9 Å². The van der Waals surface area contributed by atoms with E-state index < -0.39 is 0 Å². The Kier molecular flexibility index (Phi) is 9.36. The van der Waals surface area contributed by atoms with Gasteiger partial charge in [0.1, 0.15) is 0 Å². The van der Waals surface area contributed by atoms with Gasteiger partial charge in [-0.2, -0.15) is 0 Å². The van der Waals surface area contributed by atoms with Crippen LogP contribution in [0.1, 0.15) is 53.9 Å². The van der Waals surface area contributed by atoms with Crippen molar-refractivity contribution in [3.8, 4) is 0 Å². The Bertz CT molecular complexity index is 1440. The van der Waals surface area contributed by atoms with E-state index in [4.69, 9.17) is 4.74 Å². The number of nitrogens with zero attached hydrogens (tertiary/aromatic N) is 6. The third-order valence-electron chi connectivity index (χ3n) is 8.07. The fraction of sp³-hybridized carbons (Fsp3) is 0.484. The van der Waals surface area contributed by atoms with E-state index >= 15 is 0 Å². The van der Waals surface area contributed by atoms with Crippen LogP contribution in [-0.4, -0.2) is 74.4 Å². The minimum atomic E-state index is -0.0348. The number of rotatable bonds is 12. The van der Waals surface area contributed by atoms with Crippen LogP contribution in [0, 0.1) is 13.8 Å². The Labute approximate surface area is 236 Å². The first-order valence-corrected chi connectivity index (χ1v) is 14.5. The Hall–Kier alpha value is -3.40. The van der Waals surface area contributed by atoms with Crippen LogP contribution < -0.4 is 5.56 Å². The molecule has 40 heavy (non-hydrogen) atoms. The zero-order valence-electron chi connectivity index (χ0n) is 24.0. The summed E-state index contributed by atoms with van der Waals surface area (Å²) in [6.45, 7) is 13.0. The second-order valence-corrected chi connectivity index (χ2v) is 10.8. The molecule has 1 aliphatic heterocycles. The van der Waals surface area contributed by atoms with Crippen LogP contribution in [-0.2, 0) is 24.2 Å². The number of ether oxygens (including phenoxy) is 1. The monoisotopic (exact) mass is 543 g/mol. The maximum absolute atomic E-state index is 13.3. The molecule has 1 aliphatic rings. The number of aryl methyl sites for hydroxylation is 4. The number of nitrogens with one attached hydrogen (secondary N) is 1. The van der Waals surface area contributed by atoms with E-state index in [1.165, 1.54) is 16.7 Å². The molecular weight excluding hydrogens is 502 g/mol. The van der Waals surface area contributed by atoms with E-state index in [1.54, 1.807) is 0 Å². The molecule has 1 unspecified atom stereocenters. The fourth-order valence-electron chi connectivity index (χ4n) is 5.62. The van der Waals surface area contributed by atoms with Gasteiger partial charge in [0.05, 0.1) is 19.3 Å². The van der Waals surface area contributed by atoms with Crippen molar-refractivity contribution in [1.82, 2.24) is 35.0 Å². The molecule has 9 heteroatoms. The van der Waals surface area contributed by atoms with Gasteiger partial charge in [0.25, 0.3) is 5.56 Å². The van der Waals surface area contributed by atoms with Gasteiger partial charge in [-0.25, -0.2) is 4.68 Å². The summed E-state index contributed by atoms with van der Waals surface area (Å²) in [7, 11) is 0. The Morgan fingerprint density at radius 1 is 1.05 bits per heavy atom. The standard InChI is InChI=1S/C31H41N7O2/c1-4-29(30-33-34-35-38(30)14-11-25-9-6-5-7-10-25)37(13-8-12-36-15-17-40-18-16-36)22-27-21-26-19-23(2)24(3)20-28(26)32-31(27)39/h5-7,9-10,19-21,29H,4,8,11-18,22H2,1-3H3,(H,32,39). The van der Waals surface area contributed by atoms with Crippen LogP contribution in [0.5, 0.6) is 0 Å². The molecule has 3 heterocycles. The zero-order valence-corrected chi connectivity index (χ0v) is 24.0. The van der Waals surface area contributed by atoms with E-state index in [1.807, 2.05) is 10.7 Å². The highest BCUT2D eigenvalue weighted by molar-refractivity contribution is 5.80. The van der Waals surface area contributed by atoms with Gasteiger partial charge in [-0.15, -0.1) is 5.10 Å². The van der Waals surface area contributed by atoms with Gasteiger partial charge in [-0.1, -0.05) is 37.3 Å². The summed E-state index contributed by atoms with van der Waals surface area (Å²) in [5.74, 6) is 0.855. The normalized spacial score (nSPS) is 15.2. The van der Waals surface area contributed by atoms with Crippen molar-refractivity contribution in [1.29, 1.82) is 0 Å². The van der Waals surface area contributed by atoms with Crippen LogP contribution in [0.4, 0.5) is 0 Å². The van der Waals surface area contributed by atoms with Crippen molar-refractivity contribution < 1.29 is 4.74 Å². The van der Waals surface area contributed by atoms with Crippen molar-refractivity contribution in [3.05, 3.63) is 87.0 Å². The highest BCUT2D eigenvalue weighted by Crippen LogP contribution is 2.25. The van der Waals surface area contributed by atoms with Gasteiger partial charge >= 0.3 is 0 Å². The van der Waals surface area contributed by atoms with Crippen molar-refractivity contribution in [2.45, 2.75) is 59.2 Å². The second-order valence-electron chi connectivity index (χ2n) is 10.8. The molecule has 0 bridgehead atoms. The summed E-state index contributed by atoms with van der Waals surface area (Å²) in [5.41, 5.74) is 5.27. The van der Waals surface area contributed by atoms with Crippen molar-refractivity contribution in [2.24, 2.45) is 0 Å². The van der Waals surface area contributed by atoms with E-state index in [-0.39, 0.29) is 11.6 Å². The lowest BCUT2D eigenvalue weighted by atomic mass is 10.0. The first-order chi connectivity index (χ1) is 19.5.